The van der Waals surface area contributed by atoms with Crippen LogP contribution in [0.15, 0.2) is 18.2 Å². The summed E-state index contributed by atoms with van der Waals surface area (Å²) >= 11 is 0. The van der Waals surface area contributed by atoms with Crippen molar-refractivity contribution >= 4 is 5.97 Å². The second-order valence-corrected chi connectivity index (χ2v) is 3.09. The second kappa shape index (κ2) is 6.15. The van der Waals surface area contributed by atoms with Gasteiger partial charge in [0.15, 0.2) is 6.79 Å². The number of rotatable bonds is 5. The van der Waals surface area contributed by atoms with E-state index >= 15 is 0 Å². The van der Waals surface area contributed by atoms with E-state index in [0.29, 0.717) is 0 Å². The Labute approximate surface area is 97.1 Å². The van der Waals surface area contributed by atoms with E-state index in [-0.39, 0.29) is 18.1 Å². The number of ether oxygens (including phenoxy) is 3. The number of methoxy groups -OCH3 is 2. The summed E-state index contributed by atoms with van der Waals surface area (Å²) in [6.45, 7) is -0.0553. The highest BCUT2D eigenvalue weighted by Gasteiger charge is 2.19. The number of hydrogen-bond acceptors (Lipinski definition) is 4. The molecule has 0 amide bonds. The Balaban J connectivity index is 3.04. The van der Waals surface area contributed by atoms with E-state index in [1.165, 1.54) is 19.2 Å². The van der Waals surface area contributed by atoms with Gasteiger partial charge in [-0.05, 0) is 18.2 Å². The third kappa shape index (κ3) is 3.39. The first-order valence-electron chi connectivity index (χ1n) is 4.72. The van der Waals surface area contributed by atoms with Crippen molar-refractivity contribution in [3.8, 4) is 5.75 Å². The van der Waals surface area contributed by atoms with Crippen LogP contribution < -0.4 is 4.74 Å². The molecular formula is C11H12F2O4. The summed E-state index contributed by atoms with van der Waals surface area (Å²) in [5.74, 6) is -0.603. The number of alkyl halides is 2. The van der Waals surface area contributed by atoms with Gasteiger partial charge in [-0.15, -0.1) is 0 Å². The molecule has 0 aromatic heterocycles. The monoisotopic (exact) mass is 246 g/mol. The average molecular weight is 246 g/mol. The molecule has 0 saturated heterocycles. The van der Waals surface area contributed by atoms with Crippen molar-refractivity contribution in [1.82, 2.24) is 0 Å². The zero-order valence-corrected chi connectivity index (χ0v) is 9.41. The molecule has 17 heavy (non-hydrogen) atoms. The number of hydrogen-bond donors (Lipinski definition) is 0. The number of benzene rings is 1. The van der Waals surface area contributed by atoms with E-state index in [2.05, 4.69) is 9.47 Å². The fourth-order valence-electron chi connectivity index (χ4n) is 1.23. The van der Waals surface area contributed by atoms with Crippen LogP contribution in [0.2, 0.25) is 0 Å². The Morgan fingerprint density at radius 1 is 1.35 bits per heavy atom. The average Bonchev–Trinajstić information content (AvgIpc) is 2.35. The Hall–Kier alpha value is -1.69. The lowest BCUT2D eigenvalue weighted by Gasteiger charge is -2.10. The van der Waals surface area contributed by atoms with E-state index < -0.39 is 18.0 Å². The molecule has 0 unspecified atom stereocenters. The maximum Gasteiger partial charge on any atom is 0.338 e. The summed E-state index contributed by atoms with van der Waals surface area (Å²) in [6.07, 6.45) is -2.78. The molecule has 0 radical (unpaired) electrons. The van der Waals surface area contributed by atoms with Gasteiger partial charge in [0.2, 0.25) is 0 Å². The first-order chi connectivity index (χ1) is 8.10. The molecule has 4 nitrogen and oxygen atoms in total. The minimum atomic E-state index is -2.78. The van der Waals surface area contributed by atoms with Crippen LogP contribution >= 0.6 is 0 Å². The van der Waals surface area contributed by atoms with Gasteiger partial charge in [0.05, 0.1) is 12.7 Å². The molecule has 1 rings (SSSR count). The molecule has 0 bridgehead atoms. The second-order valence-electron chi connectivity index (χ2n) is 3.09. The van der Waals surface area contributed by atoms with Gasteiger partial charge < -0.3 is 14.2 Å². The third-order valence-corrected chi connectivity index (χ3v) is 2.01. The van der Waals surface area contributed by atoms with E-state index in [9.17, 15) is 13.6 Å². The topological polar surface area (TPSA) is 44.8 Å². The maximum absolute atomic E-state index is 12.7. The standard InChI is InChI=1S/C11H12F2O4/c1-15-6-17-7-3-4-8(11(14)16-2)9(5-7)10(12)13/h3-5,10H,6H2,1-2H3. The highest BCUT2D eigenvalue weighted by molar-refractivity contribution is 5.91. The third-order valence-electron chi connectivity index (χ3n) is 2.01. The lowest BCUT2D eigenvalue weighted by Crippen LogP contribution is -2.07. The first kappa shape index (κ1) is 13.4. The number of carbonyl (C=O) groups excluding carboxylic acids is 1. The summed E-state index contributed by atoms with van der Waals surface area (Å²) in [6, 6.07) is 3.73. The van der Waals surface area contributed by atoms with Crippen molar-refractivity contribution in [2.75, 3.05) is 21.0 Å². The Bertz CT molecular complexity index is 393. The largest absolute Gasteiger partial charge is 0.468 e. The zero-order chi connectivity index (χ0) is 12.8. The molecular weight excluding hydrogens is 234 g/mol. The molecule has 6 heteroatoms. The summed E-state index contributed by atoms with van der Waals surface area (Å²) in [5, 5.41) is 0. The quantitative estimate of drug-likeness (QED) is 0.591. The lowest BCUT2D eigenvalue weighted by molar-refractivity contribution is 0.0505. The van der Waals surface area contributed by atoms with Crippen molar-refractivity contribution in [2.45, 2.75) is 6.43 Å². The smallest absolute Gasteiger partial charge is 0.338 e. The summed E-state index contributed by atoms with van der Waals surface area (Å²) < 4.78 is 39.5. The molecule has 0 fully saturated rings. The van der Waals surface area contributed by atoms with Crippen molar-refractivity contribution in [3.63, 3.8) is 0 Å². The van der Waals surface area contributed by atoms with Crippen LogP contribution in [0.25, 0.3) is 0 Å². The normalized spacial score (nSPS) is 10.4. The Morgan fingerprint density at radius 2 is 2.06 bits per heavy atom. The van der Waals surface area contributed by atoms with E-state index in [1.54, 1.807) is 0 Å². The van der Waals surface area contributed by atoms with Gasteiger partial charge in [0.25, 0.3) is 6.43 Å². The van der Waals surface area contributed by atoms with E-state index in [4.69, 9.17) is 4.74 Å². The molecule has 0 aliphatic heterocycles. The van der Waals surface area contributed by atoms with Crippen LogP contribution in [0, 0.1) is 0 Å². The SMILES string of the molecule is COCOc1ccc(C(=O)OC)c(C(F)F)c1. The van der Waals surface area contributed by atoms with Gasteiger partial charge in [-0.2, -0.15) is 0 Å². The summed E-state index contributed by atoms with van der Waals surface area (Å²) in [4.78, 5) is 11.2. The molecule has 0 saturated carbocycles. The van der Waals surface area contributed by atoms with Crippen LogP contribution in [0.4, 0.5) is 8.78 Å². The van der Waals surface area contributed by atoms with Crippen molar-refractivity contribution in [2.24, 2.45) is 0 Å². The number of esters is 1. The van der Waals surface area contributed by atoms with Gasteiger partial charge in [-0.3, -0.25) is 0 Å². The van der Waals surface area contributed by atoms with Gasteiger partial charge >= 0.3 is 5.97 Å². The molecule has 0 aliphatic rings. The summed E-state index contributed by atoms with van der Waals surface area (Å²) in [5.41, 5.74) is -0.599. The van der Waals surface area contributed by atoms with Crippen LogP contribution in [0.5, 0.6) is 5.75 Å². The van der Waals surface area contributed by atoms with Crippen LogP contribution in [0.3, 0.4) is 0 Å². The first-order valence-corrected chi connectivity index (χ1v) is 4.72. The molecule has 1 aromatic carbocycles. The number of carbonyl (C=O) groups is 1. The van der Waals surface area contributed by atoms with Gasteiger partial charge in [0.1, 0.15) is 5.75 Å². The van der Waals surface area contributed by atoms with E-state index in [0.717, 1.165) is 13.2 Å². The highest BCUT2D eigenvalue weighted by Crippen LogP contribution is 2.27. The number of halogens is 2. The molecule has 0 aliphatic carbocycles. The molecule has 0 spiro atoms. The van der Waals surface area contributed by atoms with Crippen molar-refractivity contribution in [3.05, 3.63) is 29.3 Å². The van der Waals surface area contributed by atoms with Crippen LogP contribution in [0.1, 0.15) is 22.3 Å². The minimum absolute atomic E-state index is 0.0553. The Morgan fingerprint density at radius 3 is 2.59 bits per heavy atom. The van der Waals surface area contributed by atoms with Crippen LogP contribution in [-0.4, -0.2) is 27.0 Å². The van der Waals surface area contributed by atoms with Gasteiger partial charge in [-0.1, -0.05) is 0 Å². The lowest BCUT2D eigenvalue weighted by atomic mass is 10.1. The fourth-order valence-corrected chi connectivity index (χ4v) is 1.23. The van der Waals surface area contributed by atoms with Gasteiger partial charge in [-0.25, -0.2) is 13.6 Å². The zero-order valence-electron chi connectivity index (χ0n) is 9.41. The van der Waals surface area contributed by atoms with E-state index in [1.807, 2.05) is 0 Å². The van der Waals surface area contributed by atoms with Gasteiger partial charge in [0, 0.05) is 12.7 Å². The molecule has 0 N–H and O–H groups in total. The molecule has 94 valence electrons. The van der Waals surface area contributed by atoms with Crippen LogP contribution in [-0.2, 0) is 9.47 Å². The fraction of sp³-hybridized carbons (Fsp3) is 0.364. The Kier molecular flexibility index (Phi) is 4.84. The predicted octanol–water partition coefficient (Wildman–Crippen LogP) is 2.39. The predicted molar refractivity (Wildman–Crippen MR) is 55.2 cm³/mol. The van der Waals surface area contributed by atoms with Crippen molar-refractivity contribution in [1.29, 1.82) is 0 Å². The van der Waals surface area contributed by atoms with Crippen molar-refractivity contribution < 1.29 is 27.8 Å². The summed E-state index contributed by atoms with van der Waals surface area (Å²) in [7, 11) is 2.55. The molecule has 0 atom stereocenters. The highest BCUT2D eigenvalue weighted by atomic mass is 19.3. The maximum atomic E-state index is 12.7. The molecule has 1 aromatic rings. The minimum Gasteiger partial charge on any atom is -0.468 e. The molecule has 0 heterocycles.